The van der Waals surface area contributed by atoms with Crippen LogP contribution in [-0.2, 0) is 0 Å². The van der Waals surface area contributed by atoms with Gasteiger partial charge in [-0.2, -0.15) is 0 Å². The summed E-state index contributed by atoms with van der Waals surface area (Å²) in [4.78, 5) is 20.8. The molecule has 0 aromatic carbocycles. The topological polar surface area (TPSA) is 66.9 Å². The SMILES string of the molecule is CCNc1cncc(C(=O)NC2CCCCC2C(C)C)n1. The zero-order valence-corrected chi connectivity index (χ0v) is 13.2. The van der Waals surface area contributed by atoms with Crippen molar-refractivity contribution in [2.24, 2.45) is 11.8 Å². The molecule has 21 heavy (non-hydrogen) atoms. The first-order valence-electron chi connectivity index (χ1n) is 7.98. The van der Waals surface area contributed by atoms with Gasteiger partial charge in [-0.3, -0.25) is 9.78 Å². The highest BCUT2D eigenvalue weighted by Crippen LogP contribution is 2.30. The molecule has 0 radical (unpaired) electrons. The van der Waals surface area contributed by atoms with E-state index in [1.165, 1.54) is 25.5 Å². The molecule has 2 unspecified atom stereocenters. The molecule has 2 N–H and O–H groups in total. The normalized spacial score (nSPS) is 22.1. The number of carbonyl (C=O) groups excluding carboxylic acids is 1. The van der Waals surface area contributed by atoms with Gasteiger partial charge in [-0.15, -0.1) is 0 Å². The second kappa shape index (κ2) is 7.38. The molecule has 1 amide bonds. The summed E-state index contributed by atoms with van der Waals surface area (Å²) in [6.45, 7) is 7.23. The van der Waals surface area contributed by atoms with Crippen molar-refractivity contribution in [3.63, 3.8) is 0 Å². The Balaban J connectivity index is 2.04. The quantitative estimate of drug-likeness (QED) is 0.875. The van der Waals surface area contributed by atoms with E-state index >= 15 is 0 Å². The van der Waals surface area contributed by atoms with Crippen molar-refractivity contribution < 1.29 is 4.79 Å². The van der Waals surface area contributed by atoms with Gasteiger partial charge in [-0.25, -0.2) is 4.98 Å². The highest BCUT2D eigenvalue weighted by Gasteiger charge is 2.29. The molecule has 116 valence electrons. The summed E-state index contributed by atoms with van der Waals surface area (Å²) >= 11 is 0. The fraction of sp³-hybridized carbons (Fsp3) is 0.688. The zero-order chi connectivity index (χ0) is 15.2. The van der Waals surface area contributed by atoms with Gasteiger partial charge in [0.2, 0.25) is 0 Å². The Bertz CT molecular complexity index is 475. The number of anilines is 1. The molecular weight excluding hydrogens is 264 g/mol. The standard InChI is InChI=1S/C16H26N4O/c1-4-18-15-10-17-9-14(19-15)16(21)20-13-8-6-5-7-12(13)11(2)3/h9-13H,4-8H2,1-3H3,(H,18,19)(H,20,21). The van der Waals surface area contributed by atoms with Gasteiger partial charge < -0.3 is 10.6 Å². The predicted molar refractivity (Wildman–Crippen MR) is 84.2 cm³/mol. The summed E-state index contributed by atoms with van der Waals surface area (Å²) in [5, 5.41) is 6.25. The number of rotatable bonds is 5. The maximum Gasteiger partial charge on any atom is 0.271 e. The number of amides is 1. The fourth-order valence-corrected chi connectivity index (χ4v) is 3.12. The van der Waals surface area contributed by atoms with E-state index in [0.717, 1.165) is 13.0 Å². The highest BCUT2D eigenvalue weighted by molar-refractivity contribution is 5.92. The summed E-state index contributed by atoms with van der Waals surface area (Å²) in [5.41, 5.74) is 0.390. The number of nitrogens with one attached hydrogen (secondary N) is 2. The zero-order valence-electron chi connectivity index (χ0n) is 13.2. The van der Waals surface area contributed by atoms with Crippen molar-refractivity contribution in [3.05, 3.63) is 18.1 Å². The lowest BCUT2D eigenvalue weighted by Crippen LogP contribution is -2.44. The largest absolute Gasteiger partial charge is 0.369 e. The average molecular weight is 290 g/mol. The van der Waals surface area contributed by atoms with Crippen molar-refractivity contribution in [3.8, 4) is 0 Å². The Kier molecular flexibility index (Phi) is 5.53. The molecule has 1 aromatic heterocycles. The van der Waals surface area contributed by atoms with Crippen LogP contribution in [0.5, 0.6) is 0 Å². The summed E-state index contributed by atoms with van der Waals surface area (Å²) in [5.74, 6) is 1.69. The molecule has 1 fully saturated rings. The van der Waals surface area contributed by atoms with Crippen LogP contribution in [0.1, 0.15) is 56.9 Å². The highest BCUT2D eigenvalue weighted by atomic mass is 16.2. The molecular formula is C16H26N4O. The van der Waals surface area contributed by atoms with Crippen molar-refractivity contribution in [1.29, 1.82) is 0 Å². The van der Waals surface area contributed by atoms with E-state index in [1.54, 1.807) is 6.20 Å². The van der Waals surface area contributed by atoms with Crippen LogP contribution in [0.4, 0.5) is 5.82 Å². The molecule has 5 heteroatoms. The van der Waals surface area contributed by atoms with E-state index in [0.29, 0.717) is 23.3 Å². The monoisotopic (exact) mass is 290 g/mol. The first kappa shape index (κ1) is 15.7. The van der Waals surface area contributed by atoms with Crippen LogP contribution >= 0.6 is 0 Å². The minimum atomic E-state index is -0.111. The van der Waals surface area contributed by atoms with Crippen molar-refractivity contribution in [2.75, 3.05) is 11.9 Å². The third kappa shape index (κ3) is 4.16. The molecule has 1 aromatic rings. The predicted octanol–water partition coefficient (Wildman–Crippen LogP) is 2.85. The Morgan fingerprint density at radius 2 is 2.10 bits per heavy atom. The maximum atomic E-state index is 12.4. The van der Waals surface area contributed by atoms with Gasteiger partial charge in [-0.1, -0.05) is 26.7 Å². The van der Waals surface area contributed by atoms with Crippen molar-refractivity contribution >= 4 is 11.7 Å². The van der Waals surface area contributed by atoms with E-state index < -0.39 is 0 Å². The van der Waals surface area contributed by atoms with Gasteiger partial charge in [0.15, 0.2) is 0 Å². The van der Waals surface area contributed by atoms with Crippen LogP contribution in [0, 0.1) is 11.8 Å². The number of hydrogen-bond donors (Lipinski definition) is 2. The second-order valence-electron chi connectivity index (χ2n) is 6.09. The van der Waals surface area contributed by atoms with Crippen molar-refractivity contribution in [2.45, 2.75) is 52.5 Å². The second-order valence-corrected chi connectivity index (χ2v) is 6.09. The van der Waals surface area contributed by atoms with Crippen LogP contribution in [0.25, 0.3) is 0 Å². The third-order valence-corrected chi connectivity index (χ3v) is 4.22. The summed E-state index contributed by atoms with van der Waals surface area (Å²) in [6, 6.07) is 0.260. The Hall–Kier alpha value is -1.65. The van der Waals surface area contributed by atoms with E-state index in [-0.39, 0.29) is 11.9 Å². The van der Waals surface area contributed by atoms with Crippen LogP contribution in [0.3, 0.4) is 0 Å². The lowest BCUT2D eigenvalue weighted by molar-refractivity contribution is 0.0883. The van der Waals surface area contributed by atoms with Crippen LogP contribution in [0.2, 0.25) is 0 Å². The Labute approximate surface area is 127 Å². The van der Waals surface area contributed by atoms with Gasteiger partial charge in [0.05, 0.1) is 12.4 Å². The molecule has 1 saturated carbocycles. The molecule has 0 spiro atoms. The average Bonchev–Trinajstić information content (AvgIpc) is 2.48. The van der Waals surface area contributed by atoms with Crippen molar-refractivity contribution in [1.82, 2.24) is 15.3 Å². The number of carbonyl (C=O) groups is 1. The third-order valence-electron chi connectivity index (χ3n) is 4.22. The van der Waals surface area contributed by atoms with Gasteiger partial charge in [0, 0.05) is 12.6 Å². The summed E-state index contributed by atoms with van der Waals surface area (Å²) in [7, 11) is 0. The summed E-state index contributed by atoms with van der Waals surface area (Å²) < 4.78 is 0. The molecule has 0 bridgehead atoms. The minimum absolute atomic E-state index is 0.111. The van der Waals surface area contributed by atoms with E-state index in [2.05, 4.69) is 34.4 Å². The number of nitrogens with zero attached hydrogens (tertiary/aromatic N) is 2. The van der Waals surface area contributed by atoms with Gasteiger partial charge in [0.25, 0.3) is 5.91 Å². The van der Waals surface area contributed by atoms with Gasteiger partial charge in [-0.05, 0) is 31.6 Å². The number of hydrogen-bond acceptors (Lipinski definition) is 4. The number of aromatic nitrogens is 2. The smallest absolute Gasteiger partial charge is 0.271 e. The molecule has 2 rings (SSSR count). The minimum Gasteiger partial charge on any atom is -0.369 e. The molecule has 2 atom stereocenters. The van der Waals surface area contributed by atoms with E-state index in [9.17, 15) is 4.79 Å². The van der Waals surface area contributed by atoms with Crippen LogP contribution in [0.15, 0.2) is 12.4 Å². The first-order chi connectivity index (χ1) is 10.1. The van der Waals surface area contributed by atoms with Crippen LogP contribution in [-0.4, -0.2) is 28.5 Å². The van der Waals surface area contributed by atoms with Gasteiger partial charge >= 0.3 is 0 Å². The molecule has 0 saturated heterocycles. The first-order valence-corrected chi connectivity index (χ1v) is 7.98. The van der Waals surface area contributed by atoms with Crippen LogP contribution < -0.4 is 10.6 Å². The Morgan fingerprint density at radius 3 is 2.81 bits per heavy atom. The lowest BCUT2D eigenvalue weighted by Gasteiger charge is -2.34. The fourth-order valence-electron chi connectivity index (χ4n) is 3.12. The molecule has 5 nitrogen and oxygen atoms in total. The lowest BCUT2D eigenvalue weighted by atomic mass is 9.78. The molecule has 1 aliphatic rings. The van der Waals surface area contributed by atoms with Gasteiger partial charge in [0.1, 0.15) is 11.5 Å². The Morgan fingerprint density at radius 1 is 1.33 bits per heavy atom. The maximum absolute atomic E-state index is 12.4. The molecule has 1 heterocycles. The van der Waals surface area contributed by atoms with E-state index in [1.807, 2.05) is 6.92 Å². The van der Waals surface area contributed by atoms with E-state index in [4.69, 9.17) is 0 Å². The summed E-state index contributed by atoms with van der Waals surface area (Å²) in [6.07, 6.45) is 7.89. The molecule has 1 aliphatic carbocycles. The molecule has 0 aliphatic heterocycles.